The smallest absolute Gasteiger partial charge is 0.317 e. The fourth-order valence-electron chi connectivity index (χ4n) is 1.77. The molecule has 0 fully saturated rings. The summed E-state index contributed by atoms with van der Waals surface area (Å²) < 4.78 is 1.77. The van der Waals surface area contributed by atoms with Crippen molar-refractivity contribution in [2.75, 3.05) is 14.1 Å². The molecule has 1 heterocycles. The molecule has 0 bridgehead atoms. The van der Waals surface area contributed by atoms with Crippen molar-refractivity contribution in [1.29, 1.82) is 0 Å². The van der Waals surface area contributed by atoms with Gasteiger partial charge in [-0.1, -0.05) is 18.2 Å². The van der Waals surface area contributed by atoms with Gasteiger partial charge >= 0.3 is 6.03 Å². The van der Waals surface area contributed by atoms with Crippen LogP contribution in [0.2, 0.25) is 0 Å². The van der Waals surface area contributed by atoms with Crippen LogP contribution in [0.5, 0.6) is 0 Å². The highest BCUT2D eigenvalue weighted by Gasteiger charge is 2.04. The first-order chi connectivity index (χ1) is 9.06. The molecule has 1 aromatic heterocycles. The van der Waals surface area contributed by atoms with Crippen LogP contribution < -0.4 is 5.32 Å². The predicted molar refractivity (Wildman–Crippen MR) is 74.6 cm³/mol. The second-order valence-electron chi connectivity index (χ2n) is 4.66. The Kier molecular flexibility index (Phi) is 3.85. The molecule has 2 amide bonds. The first-order valence-electron chi connectivity index (χ1n) is 6.09. The number of urea groups is 1. The number of amides is 2. The van der Waals surface area contributed by atoms with E-state index in [-0.39, 0.29) is 6.03 Å². The third-order valence-electron chi connectivity index (χ3n) is 2.82. The fourth-order valence-corrected chi connectivity index (χ4v) is 1.77. The molecular formula is C14H18N4O. The van der Waals surface area contributed by atoms with E-state index in [1.165, 1.54) is 4.90 Å². The van der Waals surface area contributed by atoms with Crippen molar-refractivity contribution in [3.8, 4) is 11.1 Å². The zero-order valence-electron chi connectivity index (χ0n) is 11.4. The van der Waals surface area contributed by atoms with E-state index in [0.29, 0.717) is 6.54 Å². The number of rotatable bonds is 3. The van der Waals surface area contributed by atoms with Crippen molar-refractivity contribution in [2.24, 2.45) is 7.05 Å². The molecule has 0 radical (unpaired) electrons. The molecule has 0 saturated carbocycles. The van der Waals surface area contributed by atoms with Crippen molar-refractivity contribution in [1.82, 2.24) is 20.0 Å². The Morgan fingerprint density at radius 1 is 1.37 bits per heavy atom. The van der Waals surface area contributed by atoms with Gasteiger partial charge < -0.3 is 10.2 Å². The minimum Gasteiger partial charge on any atom is -0.334 e. The molecule has 5 heteroatoms. The van der Waals surface area contributed by atoms with Crippen LogP contribution in [0, 0.1) is 0 Å². The van der Waals surface area contributed by atoms with Crippen molar-refractivity contribution in [2.45, 2.75) is 6.54 Å². The highest BCUT2D eigenvalue weighted by atomic mass is 16.2. The number of hydrogen-bond acceptors (Lipinski definition) is 2. The average molecular weight is 258 g/mol. The maximum absolute atomic E-state index is 11.5. The second kappa shape index (κ2) is 5.56. The Morgan fingerprint density at radius 2 is 2.16 bits per heavy atom. The minimum atomic E-state index is -0.0909. The van der Waals surface area contributed by atoms with Gasteiger partial charge in [0.2, 0.25) is 0 Å². The van der Waals surface area contributed by atoms with Gasteiger partial charge in [-0.2, -0.15) is 5.10 Å². The first kappa shape index (κ1) is 13.1. The molecule has 0 aliphatic carbocycles. The van der Waals surface area contributed by atoms with Gasteiger partial charge in [-0.05, 0) is 17.2 Å². The standard InChI is InChI=1S/C14H18N4O/c1-17(2)14(19)15-8-11-5-4-6-12(7-11)13-9-16-18(3)10-13/h4-7,9-10H,8H2,1-3H3,(H,15,19). The Hall–Kier alpha value is -2.30. The number of nitrogens with one attached hydrogen (secondary N) is 1. The summed E-state index contributed by atoms with van der Waals surface area (Å²) in [5.41, 5.74) is 3.24. The normalized spacial score (nSPS) is 10.3. The highest BCUT2D eigenvalue weighted by Crippen LogP contribution is 2.19. The van der Waals surface area contributed by atoms with Gasteiger partial charge in [0.15, 0.2) is 0 Å². The zero-order chi connectivity index (χ0) is 13.8. The monoisotopic (exact) mass is 258 g/mol. The fraction of sp³-hybridized carbons (Fsp3) is 0.286. The number of nitrogens with zero attached hydrogens (tertiary/aromatic N) is 3. The third kappa shape index (κ3) is 3.34. The van der Waals surface area contributed by atoms with E-state index in [2.05, 4.69) is 16.5 Å². The van der Waals surface area contributed by atoms with E-state index in [1.807, 2.05) is 37.6 Å². The summed E-state index contributed by atoms with van der Waals surface area (Å²) in [4.78, 5) is 13.0. The average Bonchev–Trinajstić information content (AvgIpc) is 2.83. The van der Waals surface area contributed by atoms with Crippen molar-refractivity contribution >= 4 is 6.03 Å². The van der Waals surface area contributed by atoms with E-state index in [9.17, 15) is 4.79 Å². The van der Waals surface area contributed by atoms with E-state index >= 15 is 0 Å². The minimum absolute atomic E-state index is 0.0909. The van der Waals surface area contributed by atoms with E-state index in [1.54, 1.807) is 18.8 Å². The summed E-state index contributed by atoms with van der Waals surface area (Å²) in [7, 11) is 5.34. The van der Waals surface area contributed by atoms with E-state index in [4.69, 9.17) is 0 Å². The molecule has 1 aromatic carbocycles. The van der Waals surface area contributed by atoms with Gasteiger partial charge in [0, 0.05) is 39.4 Å². The van der Waals surface area contributed by atoms with Crippen molar-refractivity contribution in [3.05, 3.63) is 42.2 Å². The van der Waals surface area contributed by atoms with E-state index in [0.717, 1.165) is 16.7 Å². The zero-order valence-corrected chi connectivity index (χ0v) is 11.4. The van der Waals surface area contributed by atoms with Crippen LogP contribution in [0.25, 0.3) is 11.1 Å². The van der Waals surface area contributed by atoms with Crippen LogP contribution in [-0.2, 0) is 13.6 Å². The van der Waals surface area contributed by atoms with E-state index < -0.39 is 0 Å². The molecule has 5 nitrogen and oxygen atoms in total. The van der Waals surface area contributed by atoms with Crippen LogP contribution in [0.1, 0.15) is 5.56 Å². The van der Waals surface area contributed by atoms with Crippen LogP contribution in [-0.4, -0.2) is 34.8 Å². The van der Waals surface area contributed by atoms with Crippen LogP contribution in [0.15, 0.2) is 36.7 Å². The van der Waals surface area contributed by atoms with Gasteiger partial charge in [0.1, 0.15) is 0 Å². The predicted octanol–water partition coefficient (Wildman–Crippen LogP) is 1.86. The topological polar surface area (TPSA) is 50.2 Å². The largest absolute Gasteiger partial charge is 0.334 e. The molecule has 19 heavy (non-hydrogen) atoms. The van der Waals surface area contributed by atoms with Crippen molar-refractivity contribution in [3.63, 3.8) is 0 Å². The molecule has 0 spiro atoms. The highest BCUT2D eigenvalue weighted by molar-refractivity contribution is 5.73. The second-order valence-corrected chi connectivity index (χ2v) is 4.66. The lowest BCUT2D eigenvalue weighted by molar-refractivity contribution is 0.217. The molecule has 2 aromatic rings. The molecule has 1 N–H and O–H groups in total. The maximum atomic E-state index is 11.5. The number of aryl methyl sites for hydroxylation is 1. The van der Waals surface area contributed by atoms with Gasteiger partial charge in [-0.15, -0.1) is 0 Å². The Labute approximate surface area is 112 Å². The molecule has 0 unspecified atom stereocenters. The first-order valence-corrected chi connectivity index (χ1v) is 6.09. The summed E-state index contributed by atoms with van der Waals surface area (Å²) in [5, 5.41) is 7.01. The van der Waals surface area contributed by atoms with Gasteiger partial charge in [0.05, 0.1) is 6.20 Å². The molecule has 100 valence electrons. The van der Waals surface area contributed by atoms with Gasteiger partial charge in [-0.3, -0.25) is 4.68 Å². The summed E-state index contributed by atoms with van der Waals surface area (Å²) in [6.07, 6.45) is 3.80. The quantitative estimate of drug-likeness (QED) is 0.913. The lowest BCUT2D eigenvalue weighted by Crippen LogP contribution is -2.33. The third-order valence-corrected chi connectivity index (χ3v) is 2.82. The number of hydrogen-bond donors (Lipinski definition) is 1. The van der Waals surface area contributed by atoms with Gasteiger partial charge in [0.25, 0.3) is 0 Å². The van der Waals surface area contributed by atoms with Crippen LogP contribution in [0.3, 0.4) is 0 Å². The SMILES string of the molecule is CN(C)C(=O)NCc1cccc(-c2cnn(C)c2)c1. The maximum Gasteiger partial charge on any atom is 0.317 e. The summed E-state index contributed by atoms with van der Waals surface area (Å²) in [6, 6.07) is 7.99. The number of carbonyl (C=O) groups is 1. The van der Waals surface area contributed by atoms with Crippen molar-refractivity contribution < 1.29 is 4.79 Å². The summed E-state index contributed by atoms with van der Waals surface area (Å²) >= 11 is 0. The molecular weight excluding hydrogens is 240 g/mol. The summed E-state index contributed by atoms with van der Waals surface area (Å²) in [5.74, 6) is 0. The molecule has 0 aliphatic rings. The lowest BCUT2D eigenvalue weighted by atomic mass is 10.1. The number of carbonyl (C=O) groups excluding carboxylic acids is 1. The number of aromatic nitrogens is 2. The van der Waals surface area contributed by atoms with Gasteiger partial charge in [-0.25, -0.2) is 4.79 Å². The number of benzene rings is 1. The molecule has 0 saturated heterocycles. The Morgan fingerprint density at radius 3 is 2.79 bits per heavy atom. The Balaban J connectivity index is 2.09. The molecule has 2 rings (SSSR count). The van der Waals surface area contributed by atoms with Crippen LogP contribution >= 0.6 is 0 Å². The lowest BCUT2D eigenvalue weighted by Gasteiger charge is -2.12. The Bertz CT molecular complexity index is 574. The van der Waals surface area contributed by atoms with Crippen LogP contribution in [0.4, 0.5) is 4.79 Å². The molecule has 0 aliphatic heterocycles. The molecule has 0 atom stereocenters. The summed E-state index contributed by atoms with van der Waals surface area (Å²) in [6.45, 7) is 0.519.